The lowest BCUT2D eigenvalue weighted by molar-refractivity contribution is 0.174. The van der Waals surface area contributed by atoms with Crippen molar-refractivity contribution in [2.45, 2.75) is 6.54 Å². The van der Waals surface area contributed by atoms with Gasteiger partial charge in [0, 0.05) is 38.4 Å². The van der Waals surface area contributed by atoms with E-state index >= 15 is 0 Å². The summed E-state index contributed by atoms with van der Waals surface area (Å²) in [6.45, 7) is 4.76. The minimum absolute atomic E-state index is 0.304. The molecule has 2 aliphatic heterocycles. The summed E-state index contributed by atoms with van der Waals surface area (Å²) in [6, 6.07) is 16.0. The van der Waals surface area contributed by atoms with Crippen LogP contribution in [0.4, 0.5) is 23.0 Å². The molecule has 30 heavy (non-hydrogen) atoms. The third kappa shape index (κ3) is 3.81. The van der Waals surface area contributed by atoms with Crippen molar-refractivity contribution in [3.05, 3.63) is 60.4 Å². The van der Waals surface area contributed by atoms with Gasteiger partial charge in [-0.2, -0.15) is 0 Å². The average Bonchev–Trinajstić information content (AvgIpc) is 3.25. The number of rotatable bonds is 5. The molecule has 0 atom stereocenters. The molecule has 5 rings (SSSR count). The lowest BCUT2D eigenvalue weighted by Gasteiger charge is -2.36. The molecule has 3 heterocycles. The summed E-state index contributed by atoms with van der Waals surface area (Å²) >= 11 is 0. The molecule has 2 aromatic carbocycles. The molecular formula is C22H24N6O2. The minimum Gasteiger partial charge on any atom is -0.454 e. The smallest absolute Gasteiger partial charge is 0.231 e. The second-order valence-electron chi connectivity index (χ2n) is 7.40. The van der Waals surface area contributed by atoms with E-state index in [4.69, 9.17) is 15.2 Å². The first kappa shape index (κ1) is 18.5. The SMILES string of the molecule is Nc1c(Nc2ccccc2)ncnc1N1CCN(Cc2ccc3c(c2)OCO3)CC1. The van der Waals surface area contributed by atoms with Crippen LogP contribution in [0.3, 0.4) is 0 Å². The Bertz CT molecular complexity index is 1020. The molecular weight excluding hydrogens is 380 g/mol. The molecule has 8 heteroatoms. The van der Waals surface area contributed by atoms with E-state index in [1.165, 1.54) is 5.56 Å². The normalized spacial score (nSPS) is 15.9. The van der Waals surface area contributed by atoms with Crippen molar-refractivity contribution in [1.29, 1.82) is 0 Å². The molecule has 8 nitrogen and oxygen atoms in total. The third-order valence-electron chi connectivity index (χ3n) is 5.41. The van der Waals surface area contributed by atoms with Crippen LogP contribution in [0.25, 0.3) is 0 Å². The number of hydrogen-bond donors (Lipinski definition) is 2. The molecule has 3 N–H and O–H groups in total. The van der Waals surface area contributed by atoms with Crippen LogP contribution in [0.5, 0.6) is 11.5 Å². The van der Waals surface area contributed by atoms with E-state index in [1.54, 1.807) is 6.33 Å². The molecule has 0 aliphatic carbocycles. The van der Waals surface area contributed by atoms with E-state index < -0.39 is 0 Å². The summed E-state index contributed by atoms with van der Waals surface area (Å²) in [5.41, 5.74) is 9.15. The maximum Gasteiger partial charge on any atom is 0.231 e. The second-order valence-corrected chi connectivity index (χ2v) is 7.40. The van der Waals surface area contributed by atoms with E-state index in [9.17, 15) is 0 Å². The summed E-state index contributed by atoms with van der Waals surface area (Å²) in [5.74, 6) is 3.07. The zero-order valence-electron chi connectivity index (χ0n) is 16.6. The molecule has 0 radical (unpaired) electrons. The van der Waals surface area contributed by atoms with Crippen LogP contribution in [-0.4, -0.2) is 47.8 Å². The number of nitrogen functional groups attached to an aromatic ring is 1. The van der Waals surface area contributed by atoms with Crippen molar-refractivity contribution in [1.82, 2.24) is 14.9 Å². The maximum absolute atomic E-state index is 6.40. The Kier molecular flexibility index (Phi) is 4.98. The second kappa shape index (κ2) is 8.08. The number of nitrogens with two attached hydrogens (primary N) is 1. The highest BCUT2D eigenvalue weighted by Gasteiger charge is 2.22. The summed E-state index contributed by atoms with van der Waals surface area (Å²) in [7, 11) is 0. The van der Waals surface area contributed by atoms with Gasteiger partial charge in [0.05, 0.1) is 0 Å². The van der Waals surface area contributed by atoms with Gasteiger partial charge in [0.25, 0.3) is 0 Å². The fourth-order valence-electron chi connectivity index (χ4n) is 3.81. The van der Waals surface area contributed by atoms with Crippen LogP contribution < -0.4 is 25.4 Å². The predicted molar refractivity (Wildman–Crippen MR) is 116 cm³/mol. The lowest BCUT2D eigenvalue weighted by Crippen LogP contribution is -2.46. The fraction of sp³-hybridized carbons (Fsp3) is 0.273. The molecule has 1 fully saturated rings. The molecule has 1 saturated heterocycles. The molecule has 0 bridgehead atoms. The predicted octanol–water partition coefficient (Wildman–Crippen LogP) is 2.85. The van der Waals surface area contributed by atoms with Crippen molar-refractivity contribution in [2.24, 2.45) is 0 Å². The average molecular weight is 404 g/mol. The highest BCUT2D eigenvalue weighted by Crippen LogP contribution is 2.33. The van der Waals surface area contributed by atoms with Crippen molar-refractivity contribution >= 4 is 23.0 Å². The van der Waals surface area contributed by atoms with E-state index in [1.807, 2.05) is 36.4 Å². The van der Waals surface area contributed by atoms with Gasteiger partial charge in [0.15, 0.2) is 23.1 Å². The van der Waals surface area contributed by atoms with Gasteiger partial charge in [0.2, 0.25) is 6.79 Å². The first-order valence-corrected chi connectivity index (χ1v) is 10.0. The lowest BCUT2D eigenvalue weighted by atomic mass is 10.1. The zero-order valence-corrected chi connectivity index (χ0v) is 16.6. The Morgan fingerprint density at radius 2 is 1.73 bits per heavy atom. The number of piperazine rings is 1. The summed E-state index contributed by atoms with van der Waals surface area (Å²) in [4.78, 5) is 13.4. The highest BCUT2D eigenvalue weighted by atomic mass is 16.7. The van der Waals surface area contributed by atoms with Gasteiger partial charge in [-0.25, -0.2) is 9.97 Å². The van der Waals surface area contributed by atoms with Crippen LogP contribution in [0.1, 0.15) is 5.56 Å². The molecule has 0 spiro atoms. The quantitative estimate of drug-likeness (QED) is 0.671. The van der Waals surface area contributed by atoms with Crippen LogP contribution in [-0.2, 0) is 6.54 Å². The van der Waals surface area contributed by atoms with E-state index in [-0.39, 0.29) is 0 Å². The number of ether oxygens (including phenoxy) is 2. The number of benzene rings is 2. The highest BCUT2D eigenvalue weighted by molar-refractivity contribution is 5.78. The molecule has 0 amide bonds. The van der Waals surface area contributed by atoms with Crippen molar-refractivity contribution in [3.63, 3.8) is 0 Å². The molecule has 0 unspecified atom stereocenters. The Labute approximate surface area is 175 Å². The molecule has 0 saturated carbocycles. The number of aromatic nitrogens is 2. The van der Waals surface area contributed by atoms with E-state index in [2.05, 4.69) is 37.2 Å². The largest absolute Gasteiger partial charge is 0.454 e. The third-order valence-corrected chi connectivity index (χ3v) is 5.41. The van der Waals surface area contributed by atoms with Gasteiger partial charge in [-0.15, -0.1) is 0 Å². The van der Waals surface area contributed by atoms with Gasteiger partial charge in [-0.1, -0.05) is 24.3 Å². The molecule has 1 aromatic heterocycles. The molecule has 2 aliphatic rings. The number of nitrogens with one attached hydrogen (secondary N) is 1. The Hall–Kier alpha value is -3.52. The van der Waals surface area contributed by atoms with Crippen molar-refractivity contribution in [3.8, 4) is 11.5 Å². The van der Waals surface area contributed by atoms with Gasteiger partial charge in [0.1, 0.15) is 12.0 Å². The topological polar surface area (TPSA) is 88.8 Å². The number of hydrogen-bond acceptors (Lipinski definition) is 8. The van der Waals surface area contributed by atoms with Crippen LogP contribution >= 0.6 is 0 Å². The first-order chi connectivity index (χ1) is 14.8. The van der Waals surface area contributed by atoms with Gasteiger partial charge >= 0.3 is 0 Å². The summed E-state index contributed by atoms with van der Waals surface area (Å²) < 4.78 is 10.9. The van der Waals surface area contributed by atoms with E-state index in [0.29, 0.717) is 18.3 Å². The van der Waals surface area contributed by atoms with Crippen molar-refractivity contribution < 1.29 is 9.47 Å². The standard InChI is InChI=1S/C22H24N6O2/c23-20-21(26-17-4-2-1-3-5-17)24-14-25-22(20)28-10-8-27(9-11-28)13-16-6-7-18-19(12-16)30-15-29-18/h1-7,12,14H,8-11,13,15,23H2,(H,24,25,26). The monoisotopic (exact) mass is 404 g/mol. The maximum atomic E-state index is 6.40. The first-order valence-electron chi connectivity index (χ1n) is 10.0. The number of nitrogens with zero attached hydrogens (tertiary/aromatic N) is 4. The number of anilines is 4. The van der Waals surface area contributed by atoms with E-state index in [0.717, 1.165) is 55.7 Å². The molecule has 3 aromatic rings. The fourth-order valence-corrected chi connectivity index (χ4v) is 3.81. The Balaban J connectivity index is 1.23. The van der Waals surface area contributed by atoms with Crippen molar-refractivity contribution in [2.75, 3.05) is 48.9 Å². The van der Waals surface area contributed by atoms with Gasteiger partial charge in [-0.3, -0.25) is 4.90 Å². The summed E-state index contributed by atoms with van der Waals surface area (Å²) in [6.07, 6.45) is 1.57. The Morgan fingerprint density at radius 3 is 2.57 bits per heavy atom. The summed E-state index contributed by atoms with van der Waals surface area (Å²) in [5, 5.41) is 3.28. The Morgan fingerprint density at radius 1 is 0.933 bits per heavy atom. The van der Waals surface area contributed by atoms with Gasteiger partial charge in [-0.05, 0) is 29.8 Å². The number of fused-ring (bicyclic) bond motifs is 1. The van der Waals surface area contributed by atoms with Crippen LogP contribution in [0, 0.1) is 0 Å². The zero-order chi connectivity index (χ0) is 20.3. The minimum atomic E-state index is 0.304. The molecule has 154 valence electrons. The number of para-hydroxylation sites is 1. The van der Waals surface area contributed by atoms with Gasteiger partial charge < -0.3 is 25.4 Å². The van der Waals surface area contributed by atoms with Crippen LogP contribution in [0.2, 0.25) is 0 Å². The van der Waals surface area contributed by atoms with Crippen LogP contribution in [0.15, 0.2) is 54.9 Å².